The highest BCUT2D eigenvalue weighted by atomic mass is 16.2. The Labute approximate surface area is 169 Å². The number of hydrogen-bond donors (Lipinski definition) is 3. The highest BCUT2D eigenvalue weighted by molar-refractivity contribution is 6.08. The van der Waals surface area contributed by atoms with E-state index in [1.54, 1.807) is 0 Å². The fourth-order valence-corrected chi connectivity index (χ4v) is 4.52. The first kappa shape index (κ1) is 19.4. The maximum atomic E-state index is 13.0. The molecule has 0 spiro atoms. The van der Waals surface area contributed by atoms with Crippen LogP contribution in [-0.2, 0) is 17.8 Å². The van der Waals surface area contributed by atoms with Crippen LogP contribution in [0.4, 0.5) is 5.69 Å². The molecule has 0 radical (unpaired) electrons. The SMILES string of the molecule is Cc1c(C(=O)Nc2ccccc2CN2CCCC2C(N)=O)[nH]c2c1C(=O)CCC2. The zero-order valence-corrected chi connectivity index (χ0v) is 16.6. The predicted octanol–water partition coefficient (Wildman–Crippen LogP) is 2.54. The van der Waals surface area contributed by atoms with Gasteiger partial charge in [-0.05, 0) is 56.3 Å². The van der Waals surface area contributed by atoms with Crippen LogP contribution in [-0.4, -0.2) is 40.1 Å². The molecule has 1 atom stereocenters. The first-order valence-corrected chi connectivity index (χ1v) is 10.1. The summed E-state index contributed by atoms with van der Waals surface area (Å²) in [7, 11) is 0. The maximum Gasteiger partial charge on any atom is 0.272 e. The second kappa shape index (κ2) is 7.83. The van der Waals surface area contributed by atoms with Gasteiger partial charge >= 0.3 is 0 Å². The van der Waals surface area contributed by atoms with Gasteiger partial charge in [-0.1, -0.05) is 18.2 Å². The lowest BCUT2D eigenvalue weighted by molar-refractivity contribution is -0.122. The number of likely N-dealkylation sites (tertiary alicyclic amines) is 1. The monoisotopic (exact) mass is 394 g/mol. The highest BCUT2D eigenvalue weighted by Crippen LogP contribution is 2.28. The summed E-state index contributed by atoms with van der Waals surface area (Å²) in [5.41, 5.74) is 9.85. The second-order valence-electron chi connectivity index (χ2n) is 7.90. The van der Waals surface area contributed by atoms with E-state index in [-0.39, 0.29) is 23.6 Å². The van der Waals surface area contributed by atoms with Crippen LogP contribution in [0.25, 0.3) is 0 Å². The number of nitrogens with one attached hydrogen (secondary N) is 2. The van der Waals surface area contributed by atoms with Crippen molar-refractivity contribution in [3.63, 3.8) is 0 Å². The number of para-hydroxylation sites is 1. The molecule has 1 saturated heterocycles. The number of nitrogens with two attached hydrogens (primary N) is 1. The molecule has 1 unspecified atom stereocenters. The van der Waals surface area contributed by atoms with Gasteiger partial charge < -0.3 is 16.0 Å². The molecule has 2 heterocycles. The molecule has 7 heteroatoms. The summed E-state index contributed by atoms with van der Waals surface area (Å²) in [6.45, 7) is 3.17. The van der Waals surface area contributed by atoms with Crippen molar-refractivity contribution in [2.45, 2.75) is 51.6 Å². The van der Waals surface area contributed by atoms with Gasteiger partial charge in [0.25, 0.3) is 5.91 Å². The summed E-state index contributed by atoms with van der Waals surface area (Å²) in [6, 6.07) is 7.32. The number of aryl methyl sites for hydroxylation is 1. The largest absolute Gasteiger partial charge is 0.368 e. The highest BCUT2D eigenvalue weighted by Gasteiger charge is 2.30. The zero-order chi connectivity index (χ0) is 20.5. The fourth-order valence-electron chi connectivity index (χ4n) is 4.52. The number of nitrogens with zero attached hydrogens (tertiary/aromatic N) is 1. The van der Waals surface area contributed by atoms with Crippen molar-refractivity contribution < 1.29 is 14.4 Å². The van der Waals surface area contributed by atoms with Gasteiger partial charge in [0, 0.05) is 29.9 Å². The van der Waals surface area contributed by atoms with Crippen molar-refractivity contribution in [1.82, 2.24) is 9.88 Å². The van der Waals surface area contributed by atoms with E-state index in [4.69, 9.17) is 5.73 Å². The Hall–Kier alpha value is -2.93. The van der Waals surface area contributed by atoms with Crippen LogP contribution >= 0.6 is 0 Å². The molecule has 4 N–H and O–H groups in total. The summed E-state index contributed by atoms with van der Waals surface area (Å²) in [5, 5.41) is 2.99. The van der Waals surface area contributed by atoms with Gasteiger partial charge in [-0.25, -0.2) is 0 Å². The number of primary amides is 1. The number of H-pyrrole nitrogens is 1. The molecule has 7 nitrogen and oxygen atoms in total. The quantitative estimate of drug-likeness (QED) is 0.724. The van der Waals surface area contributed by atoms with E-state index < -0.39 is 0 Å². The first-order chi connectivity index (χ1) is 14.0. The van der Waals surface area contributed by atoms with E-state index in [0.717, 1.165) is 43.5 Å². The molecule has 2 amide bonds. The molecule has 0 saturated carbocycles. The van der Waals surface area contributed by atoms with Gasteiger partial charge in [-0.15, -0.1) is 0 Å². The number of aromatic nitrogens is 1. The van der Waals surface area contributed by atoms with Crippen molar-refractivity contribution in [2.75, 3.05) is 11.9 Å². The summed E-state index contributed by atoms with van der Waals surface area (Å²) in [5.74, 6) is -0.461. The van der Waals surface area contributed by atoms with E-state index in [2.05, 4.69) is 15.2 Å². The van der Waals surface area contributed by atoms with Gasteiger partial charge in [-0.3, -0.25) is 19.3 Å². The van der Waals surface area contributed by atoms with E-state index in [1.165, 1.54) is 0 Å². The molecular formula is C22H26N4O3. The Morgan fingerprint density at radius 3 is 2.79 bits per heavy atom. The molecule has 1 aromatic carbocycles. The van der Waals surface area contributed by atoms with E-state index in [1.807, 2.05) is 31.2 Å². The molecule has 1 aliphatic heterocycles. The average molecular weight is 394 g/mol. The van der Waals surface area contributed by atoms with Gasteiger partial charge in [0.1, 0.15) is 5.69 Å². The molecule has 2 aromatic rings. The number of carbonyl (C=O) groups excluding carboxylic acids is 3. The smallest absolute Gasteiger partial charge is 0.272 e. The number of aromatic amines is 1. The summed E-state index contributed by atoms with van der Waals surface area (Å²) >= 11 is 0. The third-order valence-electron chi connectivity index (χ3n) is 6.00. The Bertz CT molecular complexity index is 978. The van der Waals surface area contributed by atoms with Crippen LogP contribution in [0.2, 0.25) is 0 Å². The summed E-state index contributed by atoms with van der Waals surface area (Å²) in [6.07, 6.45) is 3.84. The molecule has 1 aliphatic carbocycles. The number of rotatable bonds is 5. The zero-order valence-electron chi connectivity index (χ0n) is 16.6. The standard InChI is InChI=1S/C22H26N4O3/c1-13-19-16(8-4-10-18(19)27)24-20(13)22(29)25-15-7-3-2-6-14(15)12-26-11-5-9-17(26)21(23)28/h2-3,6-7,17,24H,4-5,8-12H2,1H3,(H2,23,28)(H,25,29). The maximum absolute atomic E-state index is 13.0. The van der Waals surface area contributed by atoms with Crippen LogP contribution < -0.4 is 11.1 Å². The Kier molecular flexibility index (Phi) is 5.24. The average Bonchev–Trinajstić information content (AvgIpc) is 3.28. The van der Waals surface area contributed by atoms with Crippen LogP contribution in [0.1, 0.15) is 63.4 Å². The molecule has 2 aliphatic rings. The van der Waals surface area contributed by atoms with Crippen LogP contribution in [0, 0.1) is 6.92 Å². The number of fused-ring (bicyclic) bond motifs is 1. The lowest BCUT2D eigenvalue weighted by Crippen LogP contribution is -2.39. The first-order valence-electron chi connectivity index (χ1n) is 10.1. The van der Waals surface area contributed by atoms with Crippen molar-refractivity contribution in [3.05, 3.63) is 52.3 Å². The Morgan fingerprint density at radius 1 is 1.24 bits per heavy atom. The lowest BCUT2D eigenvalue weighted by Gasteiger charge is -2.23. The molecule has 152 valence electrons. The summed E-state index contributed by atoms with van der Waals surface area (Å²) in [4.78, 5) is 42.1. The number of amides is 2. The van der Waals surface area contributed by atoms with Crippen molar-refractivity contribution in [3.8, 4) is 0 Å². The molecular weight excluding hydrogens is 368 g/mol. The fraction of sp³-hybridized carbons (Fsp3) is 0.409. The molecule has 29 heavy (non-hydrogen) atoms. The van der Waals surface area contributed by atoms with E-state index in [9.17, 15) is 14.4 Å². The van der Waals surface area contributed by atoms with Crippen molar-refractivity contribution in [1.29, 1.82) is 0 Å². The summed E-state index contributed by atoms with van der Waals surface area (Å²) < 4.78 is 0. The lowest BCUT2D eigenvalue weighted by atomic mass is 9.94. The van der Waals surface area contributed by atoms with Gasteiger partial charge in [0.15, 0.2) is 5.78 Å². The van der Waals surface area contributed by atoms with Crippen molar-refractivity contribution in [2.24, 2.45) is 5.73 Å². The van der Waals surface area contributed by atoms with E-state index >= 15 is 0 Å². The number of carbonyl (C=O) groups is 3. The minimum atomic E-state index is -0.304. The number of ketones is 1. The molecule has 0 bridgehead atoms. The van der Waals surface area contributed by atoms with Gasteiger partial charge in [0.2, 0.25) is 5.91 Å². The van der Waals surface area contributed by atoms with Crippen LogP contribution in [0.5, 0.6) is 0 Å². The number of hydrogen-bond acceptors (Lipinski definition) is 4. The van der Waals surface area contributed by atoms with Gasteiger partial charge in [0.05, 0.1) is 6.04 Å². The third-order valence-corrected chi connectivity index (χ3v) is 6.00. The number of anilines is 1. The molecule has 4 rings (SSSR count). The van der Waals surface area contributed by atoms with Crippen molar-refractivity contribution >= 4 is 23.3 Å². The Morgan fingerprint density at radius 2 is 2.03 bits per heavy atom. The molecule has 1 aromatic heterocycles. The molecule has 1 fully saturated rings. The van der Waals surface area contributed by atoms with E-state index in [0.29, 0.717) is 35.5 Å². The topological polar surface area (TPSA) is 108 Å². The second-order valence-corrected chi connectivity index (χ2v) is 7.90. The predicted molar refractivity (Wildman–Crippen MR) is 110 cm³/mol. The number of benzene rings is 1. The Balaban J connectivity index is 1.56. The number of Topliss-reactive ketones (excluding diaryl/α,β-unsaturated/α-hetero) is 1. The minimum Gasteiger partial charge on any atom is -0.368 e. The normalized spacial score (nSPS) is 19.2. The van der Waals surface area contributed by atoms with Crippen LogP contribution in [0.15, 0.2) is 24.3 Å². The third kappa shape index (κ3) is 3.70. The minimum absolute atomic E-state index is 0.103. The van der Waals surface area contributed by atoms with Gasteiger partial charge in [-0.2, -0.15) is 0 Å². The van der Waals surface area contributed by atoms with Crippen LogP contribution in [0.3, 0.4) is 0 Å².